The summed E-state index contributed by atoms with van der Waals surface area (Å²) in [5.74, 6) is 7.34. The molecule has 8 N–H and O–H groups in total. The van der Waals surface area contributed by atoms with Gasteiger partial charge in [0, 0.05) is 51.8 Å². The highest BCUT2D eigenvalue weighted by Crippen LogP contribution is 2.57. The topological polar surface area (TPSA) is 180 Å². The maximum atomic E-state index is 10.6. The van der Waals surface area contributed by atoms with Crippen LogP contribution in [0.5, 0.6) is 46.0 Å². The first-order chi connectivity index (χ1) is 42.6. The molecule has 0 spiro atoms. The summed E-state index contributed by atoms with van der Waals surface area (Å²) in [6.45, 7) is 36.7. The first-order valence-corrected chi connectivity index (χ1v) is 34.5. The minimum Gasteiger partial charge on any atom is -0.508 e. The molecule has 10 nitrogen and oxygen atoms in total. The molecule has 10 rings (SSSR count). The van der Waals surface area contributed by atoms with E-state index in [1.165, 1.54) is 65.5 Å². The summed E-state index contributed by atoms with van der Waals surface area (Å²) in [7, 11) is 0. The zero-order valence-electron chi connectivity index (χ0n) is 58.2. The number of rotatable bonds is 15. The molecule has 1 unspecified atom stereocenters. The SMILES string of the molecule is CC(C)=CCC[C@@H]1C(O)Oc2c(C)cc(O)c3c2[C@H]1CC[C@H]3C.CC(C)=CCC[C@@H]1COc2c(C)cc(O)c3c2[C@H]1CC[C@H]3C.CC(C)=CCC[C@H](C)[C@@H]1CC[C@@H](C)c2c1cc(C)c(O)c2O.CC(C)=CCC[C@H](CO)[C@@H]1CC[C@@H](C)c2c1cc(C)c(O)c2O. The van der Waals surface area contributed by atoms with Gasteiger partial charge in [-0.3, -0.25) is 0 Å². The molecule has 4 aromatic rings. The van der Waals surface area contributed by atoms with Crippen LogP contribution in [0.3, 0.4) is 0 Å². The summed E-state index contributed by atoms with van der Waals surface area (Å²) in [6, 6.07) is 7.77. The maximum absolute atomic E-state index is 10.6. The van der Waals surface area contributed by atoms with Crippen molar-refractivity contribution in [3.05, 3.63) is 138 Å². The number of aliphatic hydroxyl groups is 2. The molecule has 0 saturated carbocycles. The van der Waals surface area contributed by atoms with Crippen LogP contribution in [0.25, 0.3) is 0 Å². The molecule has 0 amide bonds. The van der Waals surface area contributed by atoms with E-state index in [-0.39, 0.29) is 59.2 Å². The Balaban J connectivity index is 0.000000171. The number of phenols is 6. The first kappa shape index (κ1) is 71.6. The van der Waals surface area contributed by atoms with Crippen molar-refractivity contribution in [1.82, 2.24) is 0 Å². The summed E-state index contributed by atoms with van der Waals surface area (Å²) in [4.78, 5) is 0. The number of hydrogen-bond acceptors (Lipinski definition) is 10. The molecular formula is C80H116O10. The van der Waals surface area contributed by atoms with Crippen LogP contribution in [-0.2, 0) is 0 Å². The second-order valence-corrected chi connectivity index (χ2v) is 29.5. The summed E-state index contributed by atoms with van der Waals surface area (Å²) in [6.07, 6.45) is 25.5. The third-order valence-electron chi connectivity index (χ3n) is 21.3. The van der Waals surface area contributed by atoms with Gasteiger partial charge in [-0.2, -0.15) is 0 Å². The van der Waals surface area contributed by atoms with Gasteiger partial charge in [-0.1, -0.05) is 93.3 Å². The lowest BCUT2D eigenvalue weighted by Gasteiger charge is -2.43. The third-order valence-corrected chi connectivity index (χ3v) is 21.3. The Morgan fingerprint density at radius 2 is 0.900 bits per heavy atom. The maximum Gasteiger partial charge on any atom is 0.200 e. The van der Waals surface area contributed by atoms with E-state index in [9.17, 15) is 40.9 Å². The van der Waals surface area contributed by atoms with E-state index in [1.807, 2.05) is 32.9 Å². The number of aromatic hydroxyl groups is 6. The standard InChI is InChI=1S/C20H28O3.C20H30O3.C20H28O2.C20H30O2/c1-11(2)6-5-7-15-14-9-8-12(3)17-16(21)10-13(4)19(18(14)17)23-20(15)22;1-12(2)6-5-7-15(11-21)16-9-8-13(3)18-17(16)10-14(4)19(22)20(18)23;1-12(2)6-5-7-15-11-22-20-14(4)10-17(21)18-13(3)8-9-16(15)19(18)20;1-12(2)7-6-8-13(3)16-10-9-14(4)18-17(16)11-15(5)19(21)20(18)22/h6,10,12,14-15,20-22H,5,7-9H2,1-4H3;6,10,13,15-16,21-23H,5,7-9,11H2,1-4H3;6,10,13,15-16,21H,5,7-9,11H2,1-4H3;7,11,13-14,16,21-22H,6,8-10H2,1-5H3/t12-,14+,15+,20?;2*13-,15-,16+;13-,14+,16-/m1110/s1. The van der Waals surface area contributed by atoms with Crippen LogP contribution < -0.4 is 9.47 Å². The van der Waals surface area contributed by atoms with Crippen LogP contribution in [0.2, 0.25) is 0 Å². The van der Waals surface area contributed by atoms with Gasteiger partial charge in [0.15, 0.2) is 23.0 Å². The van der Waals surface area contributed by atoms with Crippen molar-refractivity contribution < 1.29 is 50.3 Å². The number of phenolic OH excluding ortho intramolecular Hbond substituents is 6. The third kappa shape index (κ3) is 16.5. The van der Waals surface area contributed by atoms with E-state index in [2.05, 4.69) is 127 Å². The fourth-order valence-electron chi connectivity index (χ4n) is 16.3. The molecule has 0 saturated heterocycles. The number of ether oxygens (including phenoxy) is 2. The zero-order chi connectivity index (χ0) is 66.2. The summed E-state index contributed by atoms with van der Waals surface area (Å²) in [5.41, 5.74) is 17.8. The molecule has 0 aromatic heterocycles. The average molecular weight is 1240 g/mol. The van der Waals surface area contributed by atoms with E-state index in [0.29, 0.717) is 58.5 Å². The zero-order valence-corrected chi connectivity index (χ0v) is 58.2. The van der Waals surface area contributed by atoms with Crippen LogP contribution in [0.4, 0.5) is 0 Å². The van der Waals surface area contributed by atoms with Gasteiger partial charge < -0.3 is 50.3 Å². The number of aliphatic hydroxyl groups excluding tert-OH is 2. The molecular weight excluding hydrogens is 1120 g/mol. The fraction of sp³-hybridized carbons (Fsp3) is 0.600. The molecule has 496 valence electrons. The molecule has 0 fully saturated rings. The van der Waals surface area contributed by atoms with Crippen molar-refractivity contribution in [1.29, 1.82) is 0 Å². The average Bonchev–Trinajstić information content (AvgIpc) is 0.834. The van der Waals surface area contributed by atoms with E-state index in [1.54, 1.807) is 6.07 Å². The van der Waals surface area contributed by atoms with Crippen molar-refractivity contribution in [2.45, 2.75) is 274 Å². The normalized spacial score (nSPS) is 24.6. The number of hydrogen-bond donors (Lipinski definition) is 8. The number of allylic oxidation sites excluding steroid dienone is 8. The van der Waals surface area contributed by atoms with Crippen LogP contribution in [0, 0.1) is 51.4 Å². The second kappa shape index (κ2) is 31.7. The predicted octanol–water partition coefficient (Wildman–Crippen LogP) is 20.7. The van der Waals surface area contributed by atoms with Gasteiger partial charge in [-0.05, 0) is 291 Å². The largest absolute Gasteiger partial charge is 0.508 e. The highest BCUT2D eigenvalue weighted by molar-refractivity contribution is 5.61. The number of benzene rings is 4. The Morgan fingerprint density at radius 3 is 1.41 bits per heavy atom. The molecule has 90 heavy (non-hydrogen) atoms. The van der Waals surface area contributed by atoms with Gasteiger partial charge in [0.05, 0.1) is 6.61 Å². The molecule has 13 atom stereocenters. The molecule has 6 aliphatic rings. The lowest BCUT2D eigenvalue weighted by molar-refractivity contribution is -0.0882. The Hall–Kier alpha value is -5.84. The monoisotopic (exact) mass is 1240 g/mol. The predicted molar refractivity (Wildman–Crippen MR) is 370 cm³/mol. The van der Waals surface area contributed by atoms with E-state index < -0.39 is 6.29 Å². The lowest BCUT2D eigenvalue weighted by Crippen LogP contribution is -2.38. The van der Waals surface area contributed by atoms with Gasteiger partial charge in [-0.15, -0.1) is 0 Å². The van der Waals surface area contributed by atoms with Crippen LogP contribution in [0.1, 0.15) is 307 Å². The quantitative estimate of drug-likeness (QED) is 0.0422. The van der Waals surface area contributed by atoms with Gasteiger partial charge in [-0.25, -0.2) is 0 Å². The molecule has 10 heteroatoms. The Morgan fingerprint density at radius 1 is 0.478 bits per heavy atom. The molecule has 4 aliphatic carbocycles. The van der Waals surface area contributed by atoms with Gasteiger partial charge in [0.1, 0.15) is 23.0 Å². The summed E-state index contributed by atoms with van der Waals surface area (Å²) < 4.78 is 12.0. The van der Waals surface area contributed by atoms with Gasteiger partial charge in [0.2, 0.25) is 6.29 Å². The van der Waals surface area contributed by atoms with E-state index in [0.717, 1.165) is 139 Å². The van der Waals surface area contributed by atoms with Crippen molar-refractivity contribution >= 4 is 0 Å². The van der Waals surface area contributed by atoms with Gasteiger partial charge in [0.25, 0.3) is 0 Å². The van der Waals surface area contributed by atoms with Crippen molar-refractivity contribution in [2.75, 3.05) is 13.2 Å². The van der Waals surface area contributed by atoms with Crippen molar-refractivity contribution in [3.63, 3.8) is 0 Å². The molecule has 0 radical (unpaired) electrons. The molecule has 4 aromatic carbocycles. The van der Waals surface area contributed by atoms with Crippen molar-refractivity contribution in [3.8, 4) is 46.0 Å². The fourth-order valence-corrected chi connectivity index (χ4v) is 16.3. The van der Waals surface area contributed by atoms with Gasteiger partial charge >= 0.3 is 0 Å². The number of aryl methyl sites for hydroxylation is 4. The van der Waals surface area contributed by atoms with Crippen LogP contribution in [-0.4, -0.2) is 60.4 Å². The number of fused-ring (bicyclic) bond motifs is 2. The van der Waals surface area contributed by atoms with E-state index in [4.69, 9.17) is 9.47 Å². The Labute approximate surface area is 542 Å². The summed E-state index contributed by atoms with van der Waals surface area (Å²) in [5, 5.41) is 82.2. The highest BCUT2D eigenvalue weighted by Gasteiger charge is 2.44. The van der Waals surface area contributed by atoms with Crippen molar-refractivity contribution in [2.24, 2.45) is 23.7 Å². The minimum absolute atomic E-state index is 0.00124. The second-order valence-electron chi connectivity index (χ2n) is 29.5. The van der Waals surface area contributed by atoms with E-state index >= 15 is 0 Å². The molecule has 2 heterocycles. The highest BCUT2D eigenvalue weighted by atomic mass is 16.6. The van der Waals surface area contributed by atoms with Crippen LogP contribution in [0.15, 0.2) is 70.9 Å². The smallest absolute Gasteiger partial charge is 0.200 e. The molecule has 0 bridgehead atoms. The summed E-state index contributed by atoms with van der Waals surface area (Å²) >= 11 is 0. The minimum atomic E-state index is -0.748. The Bertz CT molecular complexity index is 3230. The van der Waals surface area contributed by atoms with Crippen LogP contribution >= 0.6 is 0 Å². The Kier molecular flexibility index (Phi) is 25.2. The first-order valence-electron chi connectivity index (χ1n) is 34.5. The molecule has 2 aliphatic heterocycles. The lowest BCUT2D eigenvalue weighted by atomic mass is 9.68.